The summed E-state index contributed by atoms with van der Waals surface area (Å²) in [5.41, 5.74) is 1.10. The van der Waals surface area contributed by atoms with E-state index in [-0.39, 0.29) is 0 Å². The molecule has 150 valence electrons. The summed E-state index contributed by atoms with van der Waals surface area (Å²) in [7, 11) is 1.78. The quantitative estimate of drug-likeness (QED) is 0.349. The van der Waals surface area contributed by atoms with Crippen LogP contribution in [0.25, 0.3) is 0 Å². The van der Waals surface area contributed by atoms with Gasteiger partial charge in [0.25, 0.3) is 0 Å². The number of hydrogen-bond donors (Lipinski definition) is 2. The van der Waals surface area contributed by atoms with Gasteiger partial charge in [-0.1, -0.05) is 6.07 Å². The highest BCUT2D eigenvalue weighted by atomic mass is 16.5. The second-order valence-electron chi connectivity index (χ2n) is 7.27. The first-order valence-corrected chi connectivity index (χ1v) is 10.0. The Morgan fingerprint density at radius 3 is 2.85 bits per heavy atom. The van der Waals surface area contributed by atoms with Gasteiger partial charge in [-0.15, -0.1) is 0 Å². The number of nitrogens with one attached hydrogen (secondary N) is 2. The van der Waals surface area contributed by atoms with Crippen LogP contribution in [0.3, 0.4) is 0 Å². The third-order valence-electron chi connectivity index (χ3n) is 4.78. The third-order valence-corrected chi connectivity index (χ3v) is 4.78. The first-order valence-electron chi connectivity index (χ1n) is 10.0. The van der Waals surface area contributed by atoms with Crippen LogP contribution >= 0.6 is 0 Å². The molecule has 0 radical (unpaired) electrons. The molecule has 2 fully saturated rings. The van der Waals surface area contributed by atoms with E-state index >= 15 is 0 Å². The van der Waals surface area contributed by atoms with Crippen LogP contribution in [0.2, 0.25) is 0 Å². The molecule has 1 aliphatic heterocycles. The van der Waals surface area contributed by atoms with Crippen molar-refractivity contribution in [3.63, 3.8) is 0 Å². The fraction of sp³-hybridized carbons (Fsp3) is 0.700. The molecule has 2 heterocycles. The van der Waals surface area contributed by atoms with Crippen molar-refractivity contribution in [2.24, 2.45) is 16.8 Å². The summed E-state index contributed by atoms with van der Waals surface area (Å²) in [6.07, 6.45) is 6.49. The molecule has 0 bridgehead atoms. The van der Waals surface area contributed by atoms with Gasteiger partial charge in [0.05, 0.1) is 19.8 Å². The fourth-order valence-corrected chi connectivity index (χ4v) is 2.84. The molecule has 1 aromatic heterocycles. The number of ether oxygens (including phenoxy) is 3. The van der Waals surface area contributed by atoms with E-state index < -0.39 is 0 Å². The number of aromatic nitrogens is 1. The van der Waals surface area contributed by atoms with E-state index in [2.05, 4.69) is 20.6 Å². The van der Waals surface area contributed by atoms with Gasteiger partial charge in [-0.05, 0) is 37.2 Å². The number of pyridine rings is 1. The molecule has 7 heteroatoms. The summed E-state index contributed by atoms with van der Waals surface area (Å²) in [5, 5.41) is 6.61. The first-order chi connectivity index (χ1) is 13.3. The van der Waals surface area contributed by atoms with Crippen LogP contribution in [0, 0.1) is 11.8 Å². The van der Waals surface area contributed by atoms with Crippen molar-refractivity contribution in [2.75, 3.05) is 46.6 Å². The molecule has 27 heavy (non-hydrogen) atoms. The Morgan fingerprint density at radius 1 is 1.22 bits per heavy atom. The Labute approximate surface area is 161 Å². The highest BCUT2D eigenvalue weighted by Gasteiger charge is 2.22. The zero-order chi connectivity index (χ0) is 18.7. The minimum Gasteiger partial charge on any atom is -0.477 e. The SMILES string of the molecule is CN=C(NCCCOCC1CCOC1)NCc1ccc(OCC2CC2)nc1. The van der Waals surface area contributed by atoms with Crippen molar-refractivity contribution in [1.82, 2.24) is 15.6 Å². The Kier molecular flexibility index (Phi) is 8.17. The maximum Gasteiger partial charge on any atom is 0.213 e. The van der Waals surface area contributed by atoms with Gasteiger partial charge in [0, 0.05) is 51.5 Å². The van der Waals surface area contributed by atoms with Crippen LogP contribution in [-0.2, 0) is 16.0 Å². The van der Waals surface area contributed by atoms with E-state index in [1.165, 1.54) is 12.8 Å². The average molecular weight is 377 g/mol. The van der Waals surface area contributed by atoms with E-state index in [1.54, 1.807) is 7.05 Å². The molecule has 1 saturated heterocycles. The van der Waals surface area contributed by atoms with Crippen molar-refractivity contribution < 1.29 is 14.2 Å². The number of aliphatic imine (C=N–C) groups is 1. The highest BCUT2D eigenvalue weighted by Crippen LogP contribution is 2.29. The minimum atomic E-state index is 0.575. The Balaban J connectivity index is 1.24. The smallest absolute Gasteiger partial charge is 0.213 e. The number of guanidine groups is 1. The molecule has 1 unspecified atom stereocenters. The van der Waals surface area contributed by atoms with Crippen molar-refractivity contribution in [3.8, 4) is 5.88 Å². The number of nitrogens with zero attached hydrogens (tertiary/aromatic N) is 2. The fourth-order valence-electron chi connectivity index (χ4n) is 2.84. The summed E-state index contributed by atoms with van der Waals surface area (Å²) in [6, 6.07) is 3.97. The van der Waals surface area contributed by atoms with Gasteiger partial charge in [0.1, 0.15) is 0 Å². The van der Waals surface area contributed by atoms with Crippen LogP contribution in [-0.4, -0.2) is 57.6 Å². The monoisotopic (exact) mass is 376 g/mol. The van der Waals surface area contributed by atoms with E-state index in [4.69, 9.17) is 14.2 Å². The van der Waals surface area contributed by atoms with Gasteiger partial charge in [-0.3, -0.25) is 4.99 Å². The number of hydrogen-bond acceptors (Lipinski definition) is 5. The molecule has 2 aliphatic rings. The second kappa shape index (κ2) is 11.1. The summed E-state index contributed by atoms with van der Waals surface area (Å²) in [5.74, 6) is 2.81. The van der Waals surface area contributed by atoms with E-state index in [0.29, 0.717) is 18.3 Å². The molecule has 0 aromatic carbocycles. The Morgan fingerprint density at radius 2 is 2.15 bits per heavy atom. The van der Waals surface area contributed by atoms with Crippen LogP contribution in [0.5, 0.6) is 5.88 Å². The topological polar surface area (TPSA) is 77.0 Å². The number of rotatable bonds is 11. The molecule has 0 amide bonds. The van der Waals surface area contributed by atoms with Gasteiger partial charge < -0.3 is 24.8 Å². The summed E-state index contributed by atoms with van der Waals surface area (Å²) in [6.45, 7) is 5.58. The molecule has 7 nitrogen and oxygen atoms in total. The summed E-state index contributed by atoms with van der Waals surface area (Å²) >= 11 is 0. The van der Waals surface area contributed by atoms with Crippen LogP contribution in [0.15, 0.2) is 23.3 Å². The summed E-state index contributed by atoms with van der Waals surface area (Å²) in [4.78, 5) is 8.61. The molecule has 2 N–H and O–H groups in total. The standard InChI is InChI=1S/C20H32N4O3/c1-21-20(22-8-2-9-25-13-18-7-10-26-14-18)24-12-17-5-6-19(23-11-17)27-15-16-3-4-16/h5-6,11,16,18H,2-4,7-10,12-15H2,1H3,(H2,21,22,24). The minimum absolute atomic E-state index is 0.575. The second-order valence-corrected chi connectivity index (χ2v) is 7.27. The third kappa shape index (κ3) is 7.72. The highest BCUT2D eigenvalue weighted by molar-refractivity contribution is 5.79. The first kappa shape index (κ1) is 19.9. The van der Waals surface area contributed by atoms with Gasteiger partial charge in [-0.2, -0.15) is 0 Å². The lowest BCUT2D eigenvalue weighted by atomic mass is 10.1. The maximum absolute atomic E-state index is 5.71. The van der Waals surface area contributed by atoms with E-state index in [0.717, 1.165) is 69.9 Å². The molecule has 1 saturated carbocycles. The van der Waals surface area contributed by atoms with Gasteiger partial charge >= 0.3 is 0 Å². The normalized spacial score (nSPS) is 19.9. The molecule has 1 atom stereocenters. The van der Waals surface area contributed by atoms with E-state index in [1.807, 2.05) is 18.3 Å². The average Bonchev–Trinajstić information content (AvgIpc) is 3.39. The van der Waals surface area contributed by atoms with Gasteiger partial charge in [-0.25, -0.2) is 4.98 Å². The van der Waals surface area contributed by atoms with Crippen molar-refractivity contribution in [1.29, 1.82) is 0 Å². The van der Waals surface area contributed by atoms with Gasteiger partial charge in [0.15, 0.2) is 5.96 Å². The lowest BCUT2D eigenvalue weighted by Crippen LogP contribution is -2.37. The van der Waals surface area contributed by atoms with Crippen molar-refractivity contribution in [2.45, 2.75) is 32.2 Å². The Hall–Kier alpha value is -1.86. The molecular weight excluding hydrogens is 344 g/mol. The van der Waals surface area contributed by atoms with Crippen LogP contribution in [0.4, 0.5) is 0 Å². The van der Waals surface area contributed by atoms with Gasteiger partial charge in [0.2, 0.25) is 5.88 Å². The van der Waals surface area contributed by atoms with Crippen molar-refractivity contribution >= 4 is 5.96 Å². The van der Waals surface area contributed by atoms with Crippen LogP contribution < -0.4 is 15.4 Å². The largest absolute Gasteiger partial charge is 0.477 e. The Bertz CT molecular complexity index is 569. The molecule has 1 aromatic rings. The molecule has 0 spiro atoms. The zero-order valence-corrected chi connectivity index (χ0v) is 16.3. The van der Waals surface area contributed by atoms with E-state index in [9.17, 15) is 0 Å². The van der Waals surface area contributed by atoms with Crippen molar-refractivity contribution in [3.05, 3.63) is 23.9 Å². The maximum atomic E-state index is 5.71. The zero-order valence-electron chi connectivity index (χ0n) is 16.3. The lowest BCUT2D eigenvalue weighted by Gasteiger charge is -2.13. The molecule has 3 rings (SSSR count). The molecular formula is C20H32N4O3. The molecule has 1 aliphatic carbocycles. The lowest BCUT2D eigenvalue weighted by molar-refractivity contribution is 0.0888. The predicted octanol–water partition coefficient (Wildman–Crippen LogP) is 1.98. The predicted molar refractivity (Wildman–Crippen MR) is 105 cm³/mol. The summed E-state index contributed by atoms with van der Waals surface area (Å²) < 4.78 is 16.7. The van der Waals surface area contributed by atoms with Crippen LogP contribution in [0.1, 0.15) is 31.2 Å².